The number of benzene rings is 6. The van der Waals surface area contributed by atoms with Crippen molar-refractivity contribution in [2.24, 2.45) is 0 Å². The molecule has 2 nitrogen and oxygen atoms in total. The van der Waals surface area contributed by atoms with E-state index < -0.39 is 0 Å². The summed E-state index contributed by atoms with van der Waals surface area (Å²) in [6, 6.07) is 52.1. The van der Waals surface area contributed by atoms with Crippen molar-refractivity contribution in [2.45, 2.75) is 38.5 Å². The highest BCUT2D eigenvalue weighted by Crippen LogP contribution is 2.55. The minimum Gasteiger partial charge on any atom is -0.244 e. The molecule has 6 aromatic carbocycles. The van der Waals surface area contributed by atoms with Crippen LogP contribution in [0.2, 0.25) is 0 Å². The van der Waals surface area contributed by atoms with Gasteiger partial charge in [0, 0.05) is 11.1 Å². The predicted molar refractivity (Wildman–Crippen MR) is 193 cm³/mol. The van der Waals surface area contributed by atoms with Crippen molar-refractivity contribution >= 4 is 11.0 Å². The molecule has 1 heterocycles. The number of nitrogens with zero attached hydrogens (tertiary/aromatic N) is 2. The number of aromatic nitrogens is 2. The van der Waals surface area contributed by atoms with E-state index in [0.29, 0.717) is 0 Å². The van der Waals surface area contributed by atoms with Crippen LogP contribution in [0.4, 0.5) is 0 Å². The zero-order valence-electron chi connectivity index (χ0n) is 26.8. The van der Waals surface area contributed by atoms with Gasteiger partial charge < -0.3 is 0 Å². The van der Waals surface area contributed by atoms with Gasteiger partial charge in [-0.15, -0.1) is 0 Å². The van der Waals surface area contributed by atoms with E-state index in [2.05, 4.69) is 149 Å². The molecule has 0 unspecified atom stereocenters. The van der Waals surface area contributed by atoms with E-state index in [1.54, 1.807) is 0 Å². The number of hydrogen-bond donors (Lipinski definition) is 0. The standard InChI is InChI=1S/C44H36N2/c1-43(2)37-25-23-33(32-19-13-18-31(26-32)29-14-7-5-8-15-29)27-36(37)35-24-22-34(28-38(35)44(43,3)4)42-41(30-16-9-6-10-17-30)45-39-20-11-12-21-40(39)46-42/h5-28H,1-4H3. The van der Waals surface area contributed by atoms with Gasteiger partial charge in [-0.25, -0.2) is 9.97 Å². The van der Waals surface area contributed by atoms with E-state index in [0.717, 1.165) is 33.5 Å². The number of fused-ring (bicyclic) bond motifs is 4. The van der Waals surface area contributed by atoms with Crippen molar-refractivity contribution in [1.29, 1.82) is 0 Å². The Morgan fingerprint density at radius 1 is 0.348 bits per heavy atom. The van der Waals surface area contributed by atoms with Gasteiger partial charge in [-0.3, -0.25) is 0 Å². The van der Waals surface area contributed by atoms with Crippen molar-refractivity contribution in [1.82, 2.24) is 9.97 Å². The first kappa shape index (κ1) is 28.2. The van der Waals surface area contributed by atoms with E-state index in [1.165, 1.54) is 44.5 Å². The molecule has 0 amide bonds. The summed E-state index contributed by atoms with van der Waals surface area (Å²) in [5.74, 6) is 0. The molecular weight excluding hydrogens is 556 g/mol. The lowest BCUT2D eigenvalue weighted by atomic mass is 9.55. The van der Waals surface area contributed by atoms with E-state index in [4.69, 9.17) is 9.97 Å². The summed E-state index contributed by atoms with van der Waals surface area (Å²) in [7, 11) is 0. The fourth-order valence-electron chi connectivity index (χ4n) is 7.12. The maximum Gasteiger partial charge on any atom is 0.0973 e. The van der Waals surface area contributed by atoms with E-state index >= 15 is 0 Å². The van der Waals surface area contributed by atoms with Gasteiger partial charge in [-0.1, -0.05) is 143 Å². The van der Waals surface area contributed by atoms with Crippen molar-refractivity contribution in [3.8, 4) is 55.9 Å². The summed E-state index contributed by atoms with van der Waals surface area (Å²) in [6.07, 6.45) is 0. The highest BCUT2D eigenvalue weighted by molar-refractivity contribution is 5.89. The van der Waals surface area contributed by atoms with Crippen LogP contribution in [-0.2, 0) is 10.8 Å². The van der Waals surface area contributed by atoms with Crippen molar-refractivity contribution in [2.75, 3.05) is 0 Å². The smallest absolute Gasteiger partial charge is 0.0973 e. The molecule has 0 bridgehead atoms. The van der Waals surface area contributed by atoms with Gasteiger partial charge in [-0.2, -0.15) is 0 Å². The Hall–Kier alpha value is -5.34. The zero-order valence-corrected chi connectivity index (χ0v) is 26.8. The first-order valence-corrected chi connectivity index (χ1v) is 16.1. The van der Waals surface area contributed by atoms with Crippen molar-refractivity contribution < 1.29 is 0 Å². The van der Waals surface area contributed by atoms with Gasteiger partial charge in [0.2, 0.25) is 0 Å². The second kappa shape index (κ2) is 10.6. The molecule has 0 radical (unpaired) electrons. The summed E-state index contributed by atoms with van der Waals surface area (Å²) < 4.78 is 0. The molecule has 222 valence electrons. The van der Waals surface area contributed by atoms with Crippen LogP contribution in [0.3, 0.4) is 0 Å². The second-order valence-corrected chi connectivity index (χ2v) is 13.5. The summed E-state index contributed by atoms with van der Waals surface area (Å²) in [5, 5.41) is 0. The monoisotopic (exact) mass is 592 g/mol. The normalized spacial score (nSPS) is 14.4. The van der Waals surface area contributed by atoms with E-state index in [1.807, 2.05) is 24.3 Å². The molecule has 2 heteroatoms. The fourth-order valence-corrected chi connectivity index (χ4v) is 7.12. The van der Waals surface area contributed by atoms with Crippen molar-refractivity contribution in [3.63, 3.8) is 0 Å². The molecule has 8 rings (SSSR count). The average Bonchev–Trinajstić information content (AvgIpc) is 3.11. The molecule has 0 fully saturated rings. The minimum absolute atomic E-state index is 0.101. The van der Waals surface area contributed by atoms with Crippen LogP contribution in [0.1, 0.15) is 38.8 Å². The third-order valence-corrected chi connectivity index (χ3v) is 10.4. The SMILES string of the molecule is CC1(C)c2ccc(-c3cccc(-c4ccccc4)c3)cc2-c2ccc(-c3nc4ccccc4nc3-c3ccccc3)cc2C1(C)C. The Kier molecular flexibility index (Phi) is 6.51. The van der Waals surface area contributed by atoms with Crippen LogP contribution < -0.4 is 0 Å². The quantitative estimate of drug-likeness (QED) is 0.203. The number of para-hydroxylation sites is 2. The van der Waals surface area contributed by atoms with Gasteiger partial charge in [0.15, 0.2) is 0 Å². The minimum atomic E-state index is -0.128. The molecule has 0 aliphatic heterocycles. The lowest BCUT2D eigenvalue weighted by Gasteiger charge is -2.48. The molecule has 1 aliphatic carbocycles. The van der Waals surface area contributed by atoms with Gasteiger partial charge >= 0.3 is 0 Å². The first-order chi connectivity index (χ1) is 22.3. The predicted octanol–water partition coefficient (Wildman–Crippen LogP) is 11.5. The van der Waals surface area contributed by atoms with Crippen LogP contribution in [-0.4, -0.2) is 9.97 Å². The Bertz CT molecular complexity index is 2240. The van der Waals surface area contributed by atoms with Crippen LogP contribution in [0.5, 0.6) is 0 Å². The molecule has 0 atom stereocenters. The third kappa shape index (κ3) is 4.48. The summed E-state index contributed by atoms with van der Waals surface area (Å²) in [4.78, 5) is 10.4. The van der Waals surface area contributed by atoms with Crippen LogP contribution in [0, 0.1) is 0 Å². The van der Waals surface area contributed by atoms with Gasteiger partial charge in [0.05, 0.1) is 22.4 Å². The molecular formula is C44H36N2. The maximum atomic E-state index is 5.22. The van der Waals surface area contributed by atoms with Crippen molar-refractivity contribution in [3.05, 3.63) is 157 Å². The summed E-state index contributed by atoms with van der Waals surface area (Å²) in [6.45, 7) is 9.56. The Morgan fingerprint density at radius 2 is 0.848 bits per heavy atom. The zero-order chi connectivity index (χ0) is 31.5. The van der Waals surface area contributed by atoms with E-state index in [9.17, 15) is 0 Å². The highest BCUT2D eigenvalue weighted by Gasteiger charge is 2.46. The lowest BCUT2D eigenvalue weighted by Crippen LogP contribution is -2.43. The average molecular weight is 593 g/mol. The molecule has 1 aromatic heterocycles. The van der Waals surface area contributed by atoms with Gasteiger partial charge in [0.25, 0.3) is 0 Å². The van der Waals surface area contributed by atoms with Crippen LogP contribution in [0.15, 0.2) is 146 Å². The van der Waals surface area contributed by atoms with E-state index in [-0.39, 0.29) is 10.8 Å². The van der Waals surface area contributed by atoms with Crippen LogP contribution in [0.25, 0.3) is 66.9 Å². The first-order valence-electron chi connectivity index (χ1n) is 16.1. The Balaban J connectivity index is 1.30. The maximum absolute atomic E-state index is 5.22. The third-order valence-electron chi connectivity index (χ3n) is 10.4. The fraction of sp³-hybridized carbons (Fsp3) is 0.136. The topological polar surface area (TPSA) is 25.8 Å². The lowest BCUT2D eigenvalue weighted by molar-refractivity contribution is 0.299. The van der Waals surface area contributed by atoms with Gasteiger partial charge in [-0.05, 0) is 85.7 Å². The molecule has 0 N–H and O–H groups in total. The molecule has 1 aliphatic rings. The van der Waals surface area contributed by atoms with Gasteiger partial charge in [0.1, 0.15) is 0 Å². The Labute approximate surface area is 271 Å². The molecule has 7 aromatic rings. The second-order valence-electron chi connectivity index (χ2n) is 13.5. The van der Waals surface area contributed by atoms with Crippen LogP contribution >= 0.6 is 0 Å². The Morgan fingerprint density at radius 3 is 1.52 bits per heavy atom. The molecule has 0 spiro atoms. The largest absolute Gasteiger partial charge is 0.244 e. The summed E-state index contributed by atoms with van der Waals surface area (Å²) in [5.41, 5.74) is 15.8. The molecule has 46 heavy (non-hydrogen) atoms. The number of hydrogen-bond acceptors (Lipinski definition) is 2. The molecule has 0 saturated carbocycles. The number of rotatable bonds is 4. The summed E-state index contributed by atoms with van der Waals surface area (Å²) >= 11 is 0. The molecule has 0 saturated heterocycles. The highest BCUT2D eigenvalue weighted by atomic mass is 14.8.